The van der Waals surface area contributed by atoms with Crippen LogP contribution >= 0.6 is 0 Å². The second-order valence-corrected chi connectivity index (χ2v) is 7.35. The van der Waals surface area contributed by atoms with Crippen molar-refractivity contribution in [2.45, 2.75) is 0 Å². The topological polar surface area (TPSA) is 61.9 Å². The Morgan fingerprint density at radius 1 is 1.00 bits per heavy atom. The molecule has 0 unspecified atom stereocenters. The molecule has 2 saturated heterocycles. The lowest BCUT2D eigenvalue weighted by Crippen LogP contribution is -2.73. The van der Waals surface area contributed by atoms with Gasteiger partial charge in [-0.25, -0.2) is 0 Å². The number of rotatable bonds is 5. The van der Waals surface area contributed by atoms with Gasteiger partial charge in [-0.3, -0.25) is 9.59 Å². The molecular formula is C21H23N3O3. The minimum absolute atomic E-state index is 0.0206. The summed E-state index contributed by atoms with van der Waals surface area (Å²) in [4.78, 5) is 28.5. The van der Waals surface area contributed by atoms with Crippen molar-refractivity contribution in [3.05, 3.63) is 60.2 Å². The Bertz CT molecular complexity index is 822. The van der Waals surface area contributed by atoms with E-state index in [0.717, 1.165) is 31.9 Å². The Hall–Kier alpha value is -3.02. The van der Waals surface area contributed by atoms with Gasteiger partial charge in [-0.15, -0.1) is 0 Å². The van der Waals surface area contributed by atoms with Gasteiger partial charge in [-0.05, 0) is 36.4 Å². The van der Waals surface area contributed by atoms with E-state index in [-0.39, 0.29) is 23.8 Å². The Balaban J connectivity index is 1.22. The number of likely N-dealkylation sites (tertiary alicyclic amines) is 1. The molecule has 2 aliphatic rings. The molecule has 1 N–H and O–H groups in total. The fourth-order valence-electron chi connectivity index (χ4n) is 3.84. The summed E-state index contributed by atoms with van der Waals surface area (Å²) in [7, 11) is 1.66. The highest BCUT2D eigenvalue weighted by Crippen LogP contribution is 2.42. The number of nitrogens with zero attached hydrogens (tertiary/aromatic N) is 2. The molecule has 0 saturated carbocycles. The van der Waals surface area contributed by atoms with Crippen LogP contribution in [0.15, 0.2) is 54.6 Å². The van der Waals surface area contributed by atoms with Crippen molar-refractivity contribution in [1.82, 2.24) is 10.2 Å². The number of nitrogens with one attached hydrogen (secondary N) is 1. The highest BCUT2D eigenvalue weighted by molar-refractivity contribution is 5.96. The van der Waals surface area contributed by atoms with Crippen LogP contribution in [0, 0.1) is 5.41 Å². The van der Waals surface area contributed by atoms with Gasteiger partial charge in [0, 0.05) is 42.8 Å². The summed E-state index contributed by atoms with van der Waals surface area (Å²) >= 11 is 0. The number of hydrogen-bond donors (Lipinski definition) is 1. The largest absolute Gasteiger partial charge is 0.497 e. The fourth-order valence-corrected chi connectivity index (χ4v) is 3.84. The molecule has 140 valence electrons. The summed E-state index contributed by atoms with van der Waals surface area (Å²) in [6.07, 6.45) is 0. The summed E-state index contributed by atoms with van der Waals surface area (Å²) in [6, 6.07) is 17.0. The first-order valence-corrected chi connectivity index (χ1v) is 9.09. The van der Waals surface area contributed by atoms with E-state index in [4.69, 9.17) is 4.74 Å². The second-order valence-electron chi connectivity index (χ2n) is 7.35. The maximum atomic E-state index is 12.3. The molecule has 4 rings (SSSR count). The molecule has 2 aromatic carbocycles. The van der Waals surface area contributed by atoms with E-state index in [0.29, 0.717) is 5.56 Å². The molecule has 6 nitrogen and oxygen atoms in total. The van der Waals surface area contributed by atoms with Gasteiger partial charge in [0.25, 0.3) is 5.91 Å². The summed E-state index contributed by atoms with van der Waals surface area (Å²) < 4.78 is 5.19. The van der Waals surface area contributed by atoms with Gasteiger partial charge in [0.05, 0.1) is 13.7 Å². The number of amides is 2. The first-order valence-electron chi connectivity index (χ1n) is 9.09. The average molecular weight is 365 g/mol. The second kappa shape index (κ2) is 6.95. The minimum Gasteiger partial charge on any atom is -0.497 e. The number of ether oxygens (including phenoxy) is 1. The van der Waals surface area contributed by atoms with Crippen molar-refractivity contribution in [3.8, 4) is 5.75 Å². The highest BCUT2D eigenvalue weighted by atomic mass is 16.5. The standard InChI is InChI=1S/C21H23N3O3/c1-27-18-9-7-17(8-10-18)23-12-21(13-23)14-24(15-21)19(25)11-22-20(26)16-5-3-2-4-6-16/h2-10H,11-15H2,1H3,(H,22,26). The lowest BCUT2D eigenvalue weighted by Gasteiger charge is -2.61. The molecule has 1 spiro atoms. The zero-order valence-electron chi connectivity index (χ0n) is 15.4. The first-order chi connectivity index (χ1) is 13.1. The van der Waals surface area contributed by atoms with E-state index < -0.39 is 0 Å². The number of anilines is 1. The van der Waals surface area contributed by atoms with Gasteiger partial charge < -0.3 is 19.9 Å². The lowest BCUT2D eigenvalue weighted by molar-refractivity contribution is -0.143. The van der Waals surface area contributed by atoms with Crippen molar-refractivity contribution in [3.63, 3.8) is 0 Å². The molecule has 2 aliphatic heterocycles. The predicted octanol–water partition coefficient (Wildman–Crippen LogP) is 1.77. The number of benzene rings is 2. The van der Waals surface area contributed by atoms with Gasteiger partial charge in [-0.1, -0.05) is 18.2 Å². The van der Waals surface area contributed by atoms with Crippen LogP contribution in [0.2, 0.25) is 0 Å². The minimum atomic E-state index is -0.214. The number of carbonyl (C=O) groups is 2. The molecule has 0 aromatic heterocycles. The number of carbonyl (C=O) groups excluding carboxylic acids is 2. The average Bonchev–Trinajstić information content (AvgIpc) is 2.65. The predicted molar refractivity (Wildman–Crippen MR) is 103 cm³/mol. The van der Waals surface area contributed by atoms with E-state index in [1.165, 1.54) is 5.69 Å². The zero-order valence-corrected chi connectivity index (χ0v) is 15.4. The maximum absolute atomic E-state index is 12.3. The molecule has 0 bridgehead atoms. The Morgan fingerprint density at radius 2 is 1.67 bits per heavy atom. The van der Waals surface area contributed by atoms with Crippen LogP contribution < -0.4 is 15.0 Å². The first kappa shape index (κ1) is 17.4. The van der Waals surface area contributed by atoms with Crippen molar-refractivity contribution >= 4 is 17.5 Å². The van der Waals surface area contributed by atoms with E-state index in [9.17, 15) is 9.59 Å². The molecule has 6 heteroatoms. The number of hydrogen-bond acceptors (Lipinski definition) is 4. The van der Waals surface area contributed by atoms with Crippen molar-refractivity contribution in [1.29, 1.82) is 0 Å². The quantitative estimate of drug-likeness (QED) is 0.877. The third-order valence-corrected chi connectivity index (χ3v) is 5.33. The van der Waals surface area contributed by atoms with Crippen LogP contribution in [-0.4, -0.2) is 56.5 Å². The van der Waals surface area contributed by atoms with Gasteiger partial charge in [-0.2, -0.15) is 0 Å². The van der Waals surface area contributed by atoms with E-state index in [1.807, 2.05) is 23.1 Å². The smallest absolute Gasteiger partial charge is 0.251 e. The zero-order chi connectivity index (χ0) is 18.9. The van der Waals surface area contributed by atoms with E-state index in [1.54, 1.807) is 31.4 Å². The third kappa shape index (κ3) is 3.47. The van der Waals surface area contributed by atoms with E-state index >= 15 is 0 Å². The summed E-state index contributed by atoms with van der Waals surface area (Å²) in [6.45, 7) is 3.49. The Morgan fingerprint density at radius 3 is 2.30 bits per heavy atom. The van der Waals surface area contributed by atoms with Gasteiger partial charge in [0.2, 0.25) is 5.91 Å². The fraction of sp³-hybridized carbons (Fsp3) is 0.333. The molecular weight excluding hydrogens is 342 g/mol. The molecule has 27 heavy (non-hydrogen) atoms. The monoisotopic (exact) mass is 365 g/mol. The molecule has 0 radical (unpaired) electrons. The SMILES string of the molecule is COc1ccc(N2CC3(CN(C(=O)CNC(=O)c4ccccc4)C3)C2)cc1. The van der Waals surface area contributed by atoms with E-state index in [2.05, 4.69) is 22.3 Å². The Kier molecular flexibility index (Phi) is 4.48. The lowest BCUT2D eigenvalue weighted by atomic mass is 9.72. The van der Waals surface area contributed by atoms with Gasteiger partial charge >= 0.3 is 0 Å². The molecule has 2 heterocycles. The maximum Gasteiger partial charge on any atom is 0.251 e. The van der Waals surface area contributed by atoms with Crippen LogP contribution in [-0.2, 0) is 4.79 Å². The van der Waals surface area contributed by atoms with Crippen molar-refractivity contribution < 1.29 is 14.3 Å². The molecule has 0 aliphatic carbocycles. The Labute approximate surface area is 158 Å². The van der Waals surface area contributed by atoms with Crippen LogP contribution in [0.4, 0.5) is 5.69 Å². The van der Waals surface area contributed by atoms with Gasteiger partial charge in [0.15, 0.2) is 0 Å². The molecule has 0 atom stereocenters. The van der Waals surface area contributed by atoms with Crippen molar-refractivity contribution in [2.75, 3.05) is 44.7 Å². The molecule has 2 fully saturated rings. The van der Waals surface area contributed by atoms with Crippen LogP contribution in [0.5, 0.6) is 5.75 Å². The summed E-state index contributed by atoms with van der Waals surface area (Å²) in [5.41, 5.74) is 1.96. The summed E-state index contributed by atoms with van der Waals surface area (Å²) in [5, 5.41) is 2.70. The van der Waals surface area contributed by atoms with Gasteiger partial charge in [0.1, 0.15) is 5.75 Å². The van der Waals surface area contributed by atoms with Crippen LogP contribution in [0.3, 0.4) is 0 Å². The third-order valence-electron chi connectivity index (χ3n) is 5.33. The molecule has 2 aromatic rings. The molecule has 2 amide bonds. The normalized spacial score (nSPS) is 17.1. The van der Waals surface area contributed by atoms with Crippen LogP contribution in [0.25, 0.3) is 0 Å². The van der Waals surface area contributed by atoms with Crippen molar-refractivity contribution in [2.24, 2.45) is 5.41 Å². The highest BCUT2D eigenvalue weighted by Gasteiger charge is 2.53. The number of methoxy groups -OCH3 is 1. The van der Waals surface area contributed by atoms with Crippen LogP contribution in [0.1, 0.15) is 10.4 Å². The summed E-state index contributed by atoms with van der Waals surface area (Å²) in [5.74, 6) is 0.619.